The van der Waals surface area contributed by atoms with Crippen molar-refractivity contribution in [2.45, 2.75) is 19.5 Å². The molecule has 20 heavy (non-hydrogen) atoms. The molecule has 0 aliphatic carbocycles. The van der Waals surface area contributed by atoms with Crippen molar-refractivity contribution in [3.05, 3.63) is 23.8 Å². The van der Waals surface area contributed by atoms with Crippen LogP contribution in [0, 0.1) is 0 Å². The molecule has 112 valence electrons. The molecule has 1 aromatic rings. The lowest BCUT2D eigenvalue weighted by molar-refractivity contribution is -0.136. The van der Waals surface area contributed by atoms with E-state index in [0.717, 1.165) is 6.07 Å². The van der Waals surface area contributed by atoms with Gasteiger partial charge in [-0.1, -0.05) is 6.92 Å². The van der Waals surface area contributed by atoms with E-state index in [1.807, 2.05) is 6.92 Å². The number of carbonyl (C=O) groups excluding carboxylic acids is 1. The van der Waals surface area contributed by atoms with Crippen molar-refractivity contribution in [3.8, 4) is 0 Å². The van der Waals surface area contributed by atoms with Crippen LogP contribution < -0.4 is 15.5 Å². The van der Waals surface area contributed by atoms with Crippen LogP contribution in [0.25, 0.3) is 0 Å². The third kappa shape index (κ3) is 4.32. The Labute approximate surface area is 116 Å². The first-order valence-corrected chi connectivity index (χ1v) is 6.19. The molecule has 1 rings (SSSR count). The van der Waals surface area contributed by atoms with Crippen LogP contribution in [0.5, 0.6) is 0 Å². The number of halogens is 3. The molecule has 0 fully saturated rings. The van der Waals surface area contributed by atoms with Gasteiger partial charge in [-0.3, -0.25) is 0 Å². The summed E-state index contributed by atoms with van der Waals surface area (Å²) in [7, 11) is 3.30. The summed E-state index contributed by atoms with van der Waals surface area (Å²) in [5.41, 5.74) is -0.705. The van der Waals surface area contributed by atoms with Crippen molar-refractivity contribution >= 4 is 17.4 Å². The molecule has 0 radical (unpaired) electrons. The average molecular weight is 289 g/mol. The van der Waals surface area contributed by atoms with Crippen LogP contribution in [0.3, 0.4) is 0 Å². The minimum absolute atomic E-state index is 0.253. The Morgan fingerprint density at radius 1 is 1.30 bits per heavy atom. The van der Waals surface area contributed by atoms with E-state index in [2.05, 4.69) is 10.6 Å². The van der Waals surface area contributed by atoms with E-state index in [0.29, 0.717) is 18.7 Å². The van der Waals surface area contributed by atoms with Gasteiger partial charge in [-0.05, 0) is 24.6 Å². The number of hydrogen-bond acceptors (Lipinski definition) is 2. The third-order valence-electron chi connectivity index (χ3n) is 2.61. The van der Waals surface area contributed by atoms with Gasteiger partial charge in [0.25, 0.3) is 0 Å². The third-order valence-corrected chi connectivity index (χ3v) is 2.61. The van der Waals surface area contributed by atoms with Crippen LogP contribution in [-0.4, -0.2) is 26.7 Å². The first kappa shape index (κ1) is 16.1. The summed E-state index contributed by atoms with van der Waals surface area (Å²) in [5, 5.41) is 4.70. The van der Waals surface area contributed by atoms with Crippen LogP contribution in [0.15, 0.2) is 18.2 Å². The van der Waals surface area contributed by atoms with E-state index in [1.54, 1.807) is 19.0 Å². The molecule has 0 bridgehead atoms. The van der Waals surface area contributed by atoms with Crippen molar-refractivity contribution in [2.24, 2.45) is 0 Å². The van der Waals surface area contributed by atoms with Gasteiger partial charge in [0.2, 0.25) is 0 Å². The summed E-state index contributed by atoms with van der Waals surface area (Å²) in [4.78, 5) is 13.0. The predicted octanol–water partition coefficient (Wildman–Crippen LogP) is 3.30. The summed E-state index contributed by atoms with van der Waals surface area (Å²) in [5.74, 6) is 0. The van der Waals surface area contributed by atoms with Crippen LogP contribution in [0.2, 0.25) is 0 Å². The zero-order valence-electron chi connectivity index (χ0n) is 11.6. The second-order valence-corrected chi connectivity index (χ2v) is 4.50. The van der Waals surface area contributed by atoms with Crippen molar-refractivity contribution < 1.29 is 18.0 Å². The number of benzene rings is 1. The Morgan fingerprint density at radius 3 is 2.45 bits per heavy atom. The minimum atomic E-state index is -4.53. The quantitative estimate of drug-likeness (QED) is 0.893. The maximum Gasteiger partial charge on any atom is 0.418 e. The number of carbonyl (C=O) groups is 1. The topological polar surface area (TPSA) is 44.4 Å². The van der Waals surface area contributed by atoms with Crippen molar-refractivity contribution in [1.29, 1.82) is 0 Å². The van der Waals surface area contributed by atoms with Gasteiger partial charge in [0.15, 0.2) is 0 Å². The Bertz CT molecular complexity index is 472. The van der Waals surface area contributed by atoms with E-state index >= 15 is 0 Å². The molecule has 2 N–H and O–H groups in total. The zero-order chi connectivity index (χ0) is 15.3. The molecule has 0 heterocycles. The van der Waals surface area contributed by atoms with Crippen molar-refractivity contribution in [3.63, 3.8) is 0 Å². The first-order valence-electron chi connectivity index (χ1n) is 6.19. The van der Waals surface area contributed by atoms with E-state index in [-0.39, 0.29) is 5.69 Å². The summed E-state index contributed by atoms with van der Waals surface area (Å²) in [6.07, 6.45) is -3.82. The summed E-state index contributed by atoms with van der Waals surface area (Å²) < 4.78 is 39.0. The average Bonchev–Trinajstić information content (AvgIpc) is 2.35. The van der Waals surface area contributed by atoms with Crippen LogP contribution in [0.4, 0.5) is 29.3 Å². The van der Waals surface area contributed by atoms with Crippen LogP contribution in [-0.2, 0) is 6.18 Å². The maximum atomic E-state index is 13.0. The molecule has 2 amide bonds. The zero-order valence-corrected chi connectivity index (χ0v) is 11.6. The van der Waals surface area contributed by atoms with Gasteiger partial charge >= 0.3 is 12.2 Å². The van der Waals surface area contributed by atoms with Gasteiger partial charge in [-0.2, -0.15) is 13.2 Å². The minimum Gasteiger partial charge on any atom is -0.378 e. The lowest BCUT2D eigenvalue weighted by atomic mass is 10.1. The highest BCUT2D eigenvalue weighted by atomic mass is 19.4. The molecular weight excluding hydrogens is 271 g/mol. The summed E-state index contributed by atoms with van der Waals surface area (Å²) in [6, 6.07) is 3.14. The molecule has 0 unspecified atom stereocenters. The Hall–Kier alpha value is -1.92. The largest absolute Gasteiger partial charge is 0.418 e. The molecule has 7 heteroatoms. The maximum absolute atomic E-state index is 13.0. The van der Waals surface area contributed by atoms with E-state index in [4.69, 9.17) is 0 Å². The fourth-order valence-electron chi connectivity index (χ4n) is 1.56. The number of nitrogens with one attached hydrogen (secondary N) is 2. The highest BCUT2D eigenvalue weighted by Crippen LogP contribution is 2.37. The number of alkyl halides is 3. The van der Waals surface area contributed by atoms with Gasteiger partial charge in [0, 0.05) is 26.3 Å². The molecule has 0 aromatic heterocycles. The molecular formula is C13H18F3N3O. The lowest BCUT2D eigenvalue weighted by Crippen LogP contribution is -2.30. The molecule has 0 atom stereocenters. The molecule has 0 aliphatic heterocycles. The number of rotatable bonds is 4. The highest BCUT2D eigenvalue weighted by molar-refractivity contribution is 5.90. The van der Waals surface area contributed by atoms with Gasteiger partial charge in [-0.15, -0.1) is 0 Å². The standard InChI is InChI=1S/C13H18F3N3O/c1-4-7-17-12(20)18-11-6-5-9(19(2)3)8-10(11)13(14,15)16/h5-6,8H,4,7H2,1-3H3,(H2,17,18,20). The number of urea groups is 1. The van der Waals surface area contributed by atoms with Crippen LogP contribution >= 0.6 is 0 Å². The van der Waals surface area contributed by atoms with E-state index in [1.165, 1.54) is 12.1 Å². The second-order valence-electron chi connectivity index (χ2n) is 4.50. The lowest BCUT2D eigenvalue weighted by Gasteiger charge is -2.18. The van der Waals surface area contributed by atoms with Gasteiger partial charge in [0.1, 0.15) is 0 Å². The van der Waals surface area contributed by atoms with Crippen LogP contribution in [0.1, 0.15) is 18.9 Å². The fourth-order valence-corrected chi connectivity index (χ4v) is 1.56. The van der Waals surface area contributed by atoms with E-state index in [9.17, 15) is 18.0 Å². The monoisotopic (exact) mass is 289 g/mol. The number of anilines is 2. The summed E-state index contributed by atoms with van der Waals surface area (Å²) >= 11 is 0. The van der Waals surface area contributed by atoms with Gasteiger partial charge in [-0.25, -0.2) is 4.79 Å². The normalized spacial score (nSPS) is 11.1. The fraction of sp³-hybridized carbons (Fsp3) is 0.462. The van der Waals surface area contributed by atoms with Gasteiger partial charge in [0.05, 0.1) is 11.3 Å². The molecule has 0 aliphatic rings. The highest BCUT2D eigenvalue weighted by Gasteiger charge is 2.34. The summed E-state index contributed by atoms with van der Waals surface area (Å²) in [6.45, 7) is 2.26. The van der Waals surface area contributed by atoms with Crippen molar-refractivity contribution in [2.75, 3.05) is 30.9 Å². The second kappa shape index (κ2) is 6.49. The molecule has 4 nitrogen and oxygen atoms in total. The molecule has 0 saturated heterocycles. The number of nitrogens with zero attached hydrogens (tertiary/aromatic N) is 1. The predicted molar refractivity (Wildman–Crippen MR) is 73.1 cm³/mol. The number of amides is 2. The van der Waals surface area contributed by atoms with E-state index < -0.39 is 17.8 Å². The smallest absolute Gasteiger partial charge is 0.378 e. The van der Waals surface area contributed by atoms with Gasteiger partial charge < -0.3 is 15.5 Å². The Balaban J connectivity index is 3.03. The number of hydrogen-bond donors (Lipinski definition) is 2. The Kier molecular flexibility index (Phi) is 5.24. The molecule has 1 aromatic carbocycles. The molecule has 0 spiro atoms. The first-order chi connectivity index (χ1) is 9.25. The SMILES string of the molecule is CCCNC(=O)Nc1ccc(N(C)C)cc1C(F)(F)F. The molecule has 0 saturated carbocycles. The van der Waals surface area contributed by atoms with Crippen molar-refractivity contribution in [1.82, 2.24) is 5.32 Å². The Morgan fingerprint density at radius 2 is 1.95 bits per heavy atom.